The Kier molecular flexibility index (Phi) is 6.40. The summed E-state index contributed by atoms with van der Waals surface area (Å²) in [6.45, 7) is -0.0378. The summed E-state index contributed by atoms with van der Waals surface area (Å²) in [6.07, 6.45) is -1.46. The molecule has 178 valence electrons. The fourth-order valence-corrected chi connectivity index (χ4v) is 4.21. The van der Waals surface area contributed by atoms with Crippen LogP contribution in [-0.4, -0.2) is 39.7 Å². The Morgan fingerprint density at radius 3 is 2.09 bits per heavy atom. The van der Waals surface area contributed by atoms with Crippen molar-refractivity contribution in [1.29, 1.82) is 0 Å². The predicted octanol–water partition coefficient (Wildman–Crippen LogP) is 4.04. The minimum atomic E-state index is -1.55. The number of nitrogens with zero attached hydrogens (tertiary/aromatic N) is 2. The second-order valence-corrected chi connectivity index (χ2v) is 7.89. The molecule has 1 aliphatic carbocycles. The molecular formula is C24H19N3O8. The second-order valence-electron chi connectivity index (χ2n) is 7.89. The molecule has 2 N–H and O–H groups in total. The molecule has 0 bridgehead atoms. The van der Waals surface area contributed by atoms with Gasteiger partial charge in [0.15, 0.2) is 0 Å². The van der Waals surface area contributed by atoms with Crippen LogP contribution in [0.2, 0.25) is 0 Å². The Morgan fingerprint density at radius 1 is 0.943 bits per heavy atom. The van der Waals surface area contributed by atoms with E-state index in [2.05, 4.69) is 5.32 Å². The molecule has 4 rings (SSSR count). The fraction of sp³-hybridized carbons (Fsp3) is 0.167. The molecule has 1 amide bonds. The maximum absolute atomic E-state index is 12.5. The number of hydrogen-bond donors (Lipinski definition) is 2. The summed E-state index contributed by atoms with van der Waals surface area (Å²) >= 11 is 0. The van der Waals surface area contributed by atoms with Crippen molar-refractivity contribution < 1.29 is 29.3 Å². The van der Waals surface area contributed by atoms with E-state index in [1.165, 1.54) is 0 Å². The first-order valence-electron chi connectivity index (χ1n) is 10.5. The number of non-ortho nitro benzene ring substituents is 1. The fourth-order valence-electron chi connectivity index (χ4n) is 4.21. The summed E-state index contributed by atoms with van der Waals surface area (Å²) in [5, 5.41) is 34.0. The molecule has 0 saturated carbocycles. The quantitative estimate of drug-likeness (QED) is 0.363. The van der Waals surface area contributed by atoms with E-state index in [0.717, 1.165) is 40.5 Å². The van der Waals surface area contributed by atoms with E-state index in [1.54, 1.807) is 0 Å². The number of carbonyl (C=O) groups excluding carboxylic acids is 1. The minimum absolute atomic E-state index is 0.0378. The van der Waals surface area contributed by atoms with Gasteiger partial charge in [-0.05, 0) is 28.3 Å². The number of alkyl carbamates (subject to hydrolysis) is 1. The molecule has 3 aromatic rings. The number of amides is 1. The van der Waals surface area contributed by atoms with E-state index in [1.807, 2.05) is 48.5 Å². The highest BCUT2D eigenvalue weighted by Crippen LogP contribution is 2.44. The molecule has 1 aliphatic rings. The first-order chi connectivity index (χ1) is 16.8. The first kappa shape index (κ1) is 23.4. The van der Waals surface area contributed by atoms with Crippen LogP contribution in [0.5, 0.6) is 0 Å². The molecular weight excluding hydrogens is 458 g/mol. The van der Waals surface area contributed by atoms with E-state index in [4.69, 9.17) is 4.74 Å². The van der Waals surface area contributed by atoms with Gasteiger partial charge in [0.05, 0.1) is 15.9 Å². The third-order valence-corrected chi connectivity index (χ3v) is 5.83. The van der Waals surface area contributed by atoms with E-state index >= 15 is 0 Å². The average molecular weight is 477 g/mol. The van der Waals surface area contributed by atoms with Crippen LogP contribution in [0.15, 0.2) is 66.7 Å². The summed E-state index contributed by atoms with van der Waals surface area (Å²) in [7, 11) is 0. The van der Waals surface area contributed by atoms with Gasteiger partial charge in [0.25, 0.3) is 11.4 Å². The topological polar surface area (TPSA) is 162 Å². The van der Waals surface area contributed by atoms with Gasteiger partial charge in [-0.1, -0.05) is 48.5 Å². The van der Waals surface area contributed by atoms with Crippen molar-refractivity contribution in [3.05, 3.63) is 104 Å². The largest absolute Gasteiger partial charge is 0.480 e. The number of ether oxygens (including phenoxy) is 1. The van der Waals surface area contributed by atoms with Crippen molar-refractivity contribution in [3.63, 3.8) is 0 Å². The zero-order chi connectivity index (χ0) is 25.1. The van der Waals surface area contributed by atoms with E-state index < -0.39 is 45.7 Å². The molecule has 11 heteroatoms. The van der Waals surface area contributed by atoms with Gasteiger partial charge in [-0.3, -0.25) is 20.2 Å². The Bertz CT molecular complexity index is 1290. The summed E-state index contributed by atoms with van der Waals surface area (Å²) in [5.74, 6) is -1.67. The van der Waals surface area contributed by atoms with Gasteiger partial charge < -0.3 is 15.2 Å². The van der Waals surface area contributed by atoms with Gasteiger partial charge in [-0.15, -0.1) is 0 Å². The number of aliphatic carboxylic acids is 1. The van der Waals surface area contributed by atoms with Gasteiger partial charge in [0.1, 0.15) is 12.6 Å². The number of hydrogen-bond acceptors (Lipinski definition) is 7. The van der Waals surface area contributed by atoms with E-state index in [-0.39, 0.29) is 18.1 Å². The second kappa shape index (κ2) is 9.59. The normalized spacial score (nSPS) is 12.8. The average Bonchev–Trinajstić information content (AvgIpc) is 3.16. The number of nitro groups is 2. The number of nitrogens with one attached hydrogen (secondary N) is 1. The lowest BCUT2D eigenvalue weighted by Gasteiger charge is -2.17. The standard InChI is InChI=1S/C24H19N3O8/c28-23(29)21(11-14-9-10-15(26(31)32)12-22(14)27(33)34)25-24(30)35-13-20-18-7-3-1-5-16(18)17-6-2-4-8-19(17)20/h1-10,12,20-21H,11,13H2,(H,25,30)(H,28,29)/t21-/m0/s1. The Morgan fingerprint density at radius 2 is 1.54 bits per heavy atom. The number of carboxylic acids is 1. The smallest absolute Gasteiger partial charge is 0.407 e. The van der Waals surface area contributed by atoms with Crippen molar-refractivity contribution in [3.8, 4) is 11.1 Å². The maximum Gasteiger partial charge on any atom is 0.407 e. The van der Waals surface area contributed by atoms with Gasteiger partial charge in [-0.25, -0.2) is 9.59 Å². The number of benzene rings is 3. The van der Waals surface area contributed by atoms with Crippen LogP contribution < -0.4 is 5.32 Å². The van der Waals surface area contributed by atoms with Crippen LogP contribution in [0.25, 0.3) is 11.1 Å². The number of carboxylic acid groups (broad SMARTS) is 1. The van der Waals surface area contributed by atoms with Crippen LogP contribution in [0.3, 0.4) is 0 Å². The van der Waals surface area contributed by atoms with E-state index in [0.29, 0.717) is 0 Å². The molecule has 0 heterocycles. The predicted molar refractivity (Wildman–Crippen MR) is 123 cm³/mol. The lowest BCUT2D eigenvalue weighted by atomic mass is 9.98. The molecule has 0 saturated heterocycles. The number of nitro benzene ring substituents is 2. The van der Waals surface area contributed by atoms with Crippen molar-refractivity contribution in [1.82, 2.24) is 5.32 Å². The summed E-state index contributed by atoms with van der Waals surface area (Å²) < 4.78 is 5.35. The number of fused-ring (bicyclic) bond motifs is 3. The van der Waals surface area contributed by atoms with Crippen molar-refractivity contribution >= 4 is 23.4 Å². The van der Waals surface area contributed by atoms with Crippen LogP contribution in [0.1, 0.15) is 22.6 Å². The molecule has 35 heavy (non-hydrogen) atoms. The van der Waals surface area contributed by atoms with Crippen molar-refractivity contribution in [2.24, 2.45) is 0 Å². The van der Waals surface area contributed by atoms with Gasteiger partial charge in [-0.2, -0.15) is 0 Å². The SMILES string of the molecule is O=C(N[C@@H](Cc1ccc([N+](=O)[O-])cc1[N+](=O)[O-])C(=O)O)OCC1c2ccccc2-c2ccccc21. The van der Waals surface area contributed by atoms with Gasteiger partial charge >= 0.3 is 12.1 Å². The van der Waals surface area contributed by atoms with Crippen LogP contribution in [0.4, 0.5) is 16.2 Å². The Labute approximate surface area is 198 Å². The summed E-state index contributed by atoms with van der Waals surface area (Å²) in [5.41, 5.74) is 2.84. The van der Waals surface area contributed by atoms with Crippen molar-refractivity contribution in [2.75, 3.05) is 6.61 Å². The maximum atomic E-state index is 12.5. The van der Waals surface area contributed by atoms with E-state index in [9.17, 15) is 34.9 Å². The highest BCUT2D eigenvalue weighted by molar-refractivity contribution is 5.81. The molecule has 0 aromatic heterocycles. The summed E-state index contributed by atoms with van der Waals surface area (Å²) in [4.78, 5) is 44.8. The van der Waals surface area contributed by atoms with Crippen molar-refractivity contribution in [2.45, 2.75) is 18.4 Å². The zero-order valence-electron chi connectivity index (χ0n) is 18.1. The van der Waals surface area contributed by atoms with Gasteiger partial charge in [0.2, 0.25) is 0 Å². The molecule has 1 atom stereocenters. The molecule has 0 spiro atoms. The molecule has 11 nitrogen and oxygen atoms in total. The Hall–Kier alpha value is -4.80. The number of carbonyl (C=O) groups is 2. The highest BCUT2D eigenvalue weighted by atomic mass is 16.6. The number of rotatable bonds is 8. The highest BCUT2D eigenvalue weighted by Gasteiger charge is 2.30. The first-order valence-corrected chi connectivity index (χ1v) is 10.5. The van der Waals surface area contributed by atoms with Crippen LogP contribution >= 0.6 is 0 Å². The third-order valence-electron chi connectivity index (χ3n) is 5.83. The van der Waals surface area contributed by atoms with Crippen LogP contribution in [0, 0.1) is 20.2 Å². The molecule has 0 fully saturated rings. The third kappa shape index (κ3) is 4.78. The van der Waals surface area contributed by atoms with Crippen LogP contribution in [-0.2, 0) is 16.0 Å². The molecule has 0 radical (unpaired) electrons. The molecule has 0 unspecified atom stereocenters. The van der Waals surface area contributed by atoms with Gasteiger partial charge in [0, 0.05) is 24.0 Å². The molecule has 0 aliphatic heterocycles. The monoisotopic (exact) mass is 477 g/mol. The lowest BCUT2D eigenvalue weighted by molar-refractivity contribution is -0.394. The molecule has 3 aromatic carbocycles. The summed E-state index contributed by atoms with van der Waals surface area (Å²) in [6, 6.07) is 16.8. The lowest BCUT2D eigenvalue weighted by Crippen LogP contribution is -2.43. The minimum Gasteiger partial charge on any atom is -0.480 e. The Balaban J connectivity index is 1.47. The zero-order valence-corrected chi connectivity index (χ0v) is 18.1.